The number of thiazole rings is 1. The molecule has 1 saturated carbocycles. The zero-order valence-electron chi connectivity index (χ0n) is 16.4. The maximum atomic E-state index is 12.2. The van der Waals surface area contributed by atoms with Crippen molar-refractivity contribution in [2.45, 2.75) is 31.7 Å². The predicted molar refractivity (Wildman–Crippen MR) is 113 cm³/mol. The zero-order chi connectivity index (χ0) is 20.8. The Balaban J connectivity index is 1.16. The molecule has 0 saturated heterocycles. The number of ether oxygens (including phenoxy) is 1. The summed E-state index contributed by atoms with van der Waals surface area (Å²) in [5.41, 5.74) is 1.81. The minimum absolute atomic E-state index is 0.0319. The van der Waals surface area contributed by atoms with E-state index in [-0.39, 0.29) is 24.8 Å². The molecule has 2 amide bonds. The van der Waals surface area contributed by atoms with Crippen LogP contribution >= 0.6 is 11.3 Å². The Bertz CT molecular complexity index is 978. The van der Waals surface area contributed by atoms with Crippen molar-refractivity contribution >= 4 is 23.2 Å². The highest BCUT2D eigenvalue weighted by atomic mass is 32.1. The van der Waals surface area contributed by atoms with Crippen LogP contribution in [-0.4, -0.2) is 36.0 Å². The predicted octanol–water partition coefficient (Wildman–Crippen LogP) is 2.96. The second-order valence-corrected chi connectivity index (χ2v) is 8.03. The Hall–Kier alpha value is -3.13. The van der Waals surface area contributed by atoms with Gasteiger partial charge in [0, 0.05) is 18.0 Å². The van der Waals surface area contributed by atoms with Crippen molar-refractivity contribution < 1.29 is 18.7 Å². The van der Waals surface area contributed by atoms with Crippen LogP contribution in [0.4, 0.5) is 0 Å². The molecule has 0 bridgehead atoms. The van der Waals surface area contributed by atoms with E-state index in [4.69, 9.17) is 9.15 Å². The molecule has 2 N–H and O–H groups in total. The van der Waals surface area contributed by atoms with Gasteiger partial charge in [-0.15, -0.1) is 11.3 Å². The van der Waals surface area contributed by atoms with Gasteiger partial charge in [0.2, 0.25) is 5.91 Å². The SMILES string of the molecule is O=C(Cc1csc(-c2ccco2)n1)NCCc1ccc(OCC(=O)NC2CC2)cc1. The van der Waals surface area contributed by atoms with E-state index in [1.807, 2.05) is 41.8 Å². The Morgan fingerprint density at radius 3 is 2.73 bits per heavy atom. The van der Waals surface area contributed by atoms with Gasteiger partial charge in [-0.1, -0.05) is 12.1 Å². The fraction of sp³-hybridized carbons (Fsp3) is 0.318. The van der Waals surface area contributed by atoms with Crippen molar-refractivity contribution in [2.24, 2.45) is 0 Å². The number of aromatic nitrogens is 1. The molecule has 0 radical (unpaired) electrons. The normalized spacial score (nSPS) is 13.1. The number of carbonyl (C=O) groups excluding carboxylic acids is 2. The summed E-state index contributed by atoms with van der Waals surface area (Å²) in [5.74, 6) is 1.22. The number of nitrogens with zero attached hydrogens (tertiary/aromatic N) is 1. The molecule has 1 aliphatic carbocycles. The van der Waals surface area contributed by atoms with Crippen molar-refractivity contribution in [1.82, 2.24) is 15.6 Å². The molecule has 4 rings (SSSR count). The van der Waals surface area contributed by atoms with Crippen molar-refractivity contribution in [3.8, 4) is 16.5 Å². The van der Waals surface area contributed by atoms with Crippen molar-refractivity contribution in [3.05, 3.63) is 59.3 Å². The summed E-state index contributed by atoms with van der Waals surface area (Å²) in [4.78, 5) is 28.2. The number of furan rings is 1. The summed E-state index contributed by atoms with van der Waals surface area (Å²) in [6.07, 6.45) is 4.68. The van der Waals surface area contributed by atoms with Crippen LogP contribution in [0.2, 0.25) is 0 Å². The molecule has 3 aromatic rings. The number of rotatable bonds is 10. The van der Waals surface area contributed by atoms with Gasteiger partial charge in [-0.05, 0) is 49.1 Å². The summed E-state index contributed by atoms with van der Waals surface area (Å²) in [5, 5.41) is 8.46. The van der Waals surface area contributed by atoms with Crippen LogP contribution < -0.4 is 15.4 Å². The molecule has 1 aromatic carbocycles. The molecule has 1 aliphatic rings. The first-order valence-corrected chi connectivity index (χ1v) is 10.8. The van der Waals surface area contributed by atoms with Crippen LogP contribution in [0.15, 0.2) is 52.5 Å². The lowest BCUT2D eigenvalue weighted by Crippen LogP contribution is -2.30. The van der Waals surface area contributed by atoms with Crippen molar-refractivity contribution in [1.29, 1.82) is 0 Å². The quantitative estimate of drug-likeness (QED) is 0.521. The second-order valence-electron chi connectivity index (χ2n) is 7.17. The van der Waals surface area contributed by atoms with Gasteiger partial charge in [0.1, 0.15) is 5.75 Å². The molecule has 0 atom stereocenters. The Labute approximate surface area is 178 Å². The van der Waals surface area contributed by atoms with Gasteiger partial charge < -0.3 is 19.8 Å². The first kappa shape index (κ1) is 20.2. The van der Waals surface area contributed by atoms with Gasteiger partial charge in [-0.25, -0.2) is 4.98 Å². The molecule has 8 heteroatoms. The Kier molecular flexibility index (Phi) is 6.44. The zero-order valence-corrected chi connectivity index (χ0v) is 17.2. The van der Waals surface area contributed by atoms with Gasteiger partial charge in [-0.2, -0.15) is 0 Å². The molecular weight excluding hydrogens is 402 g/mol. The maximum Gasteiger partial charge on any atom is 0.258 e. The van der Waals surface area contributed by atoms with E-state index in [9.17, 15) is 9.59 Å². The highest BCUT2D eigenvalue weighted by Gasteiger charge is 2.23. The highest BCUT2D eigenvalue weighted by Crippen LogP contribution is 2.24. The Morgan fingerprint density at radius 1 is 1.17 bits per heavy atom. The molecule has 2 heterocycles. The standard InChI is InChI=1S/C22H23N3O4S/c26-20(12-17-14-30-22(25-17)19-2-1-11-28-19)23-10-9-15-3-7-18(8-4-15)29-13-21(27)24-16-5-6-16/h1-4,7-8,11,14,16H,5-6,9-10,12-13H2,(H,23,26)(H,24,27). The topological polar surface area (TPSA) is 93.5 Å². The molecule has 2 aromatic heterocycles. The van der Waals surface area contributed by atoms with Gasteiger partial charge in [0.05, 0.1) is 18.4 Å². The lowest BCUT2D eigenvalue weighted by molar-refractivity contribution is -0.123. The largest absolute Gasteiger partial charge is 0.484 e. The number of nitrogens with one attached hydrogen (secondary N) is 2. The molecular formula is C22H23N3O4S. The third-order valence-electron chi connectivity index (χ3n) is 4.60. The third kappa shape index (κ3) is 5.93. The summed E-state index contributed by atoms with van der Waals surface area (Å²) in [7, 11) is 0. The fourth-order valence-electron chi connectivity index (χ4n) is 2.87. The first-order chi connectivity index (χ1) is 14.7. The molecule has 0 unspecified atom stereocenters. The average molecular weight is 426 g/mol. The first-order valence-electron chi connectivity index (χ1n) is 9.92. The maximum absolute atomic E-state index is 12.2. The lowest BCUT2D eigenvalue weighted by atomic mass is 10.1. The van der Waals surface area contributed by atoms with E-state index in [1.54, 1.807) is 6.26 Å². The minimum Gasteiger partial charge on any atom is -0.484 e. The second kappa shape index (κ2) is 9.58. The van der Waals surface area contributed by atoms with E-state index in [0.29, 0.717) is 30.5 Å². The minimum atomic E-state index is -0.0827. The van der Waals surface area contributed by atoms with E-state index in [0.717, 1.165) is 29.1 Å². The van der Waals surface area contributed by atoms with Crippen LogP contribution in [0.3, 0.4) is 0 Å². The van der Waals surface area contributed by atoms with Crippen LogP contribution in [0, 0.1) is 0 Å². The fourth-order valence-corrected chi connectivity index (χ4v) is 3.66. The molecule has 30 heavy (non-hydrogen) atoms. The molecule has 0 aliphatic heterocycles. The summed E-state index contributed by atoms with van der Waals surface area (Å²) in [6.45, 7) is 0.572. The van der Waals surface area contributed by atoms with Crippen LogP contribution in [0.25, 0.3) is 10.8 Å². The summed E-state index contributed by atoms with van der Waals surface area (Å²) >= 11 is 1.46. The summed E-state index contributed by atoms with van der Waals surface area (Å²) in [6, 6.07) is 11.6. The summed E-state index contributed by atoms with van der Waals surface area (Å²) < 4.78 is 10.8. The van der Waals surface area contributed by atoms with Gasteiger partial charge in [0.15, 0.2) is 17.4 Å². The number of benzene rings is 1. The molecule has 156 valence electrons. The van der Waals surface area contributed by atoms with Crippen LogP contribution in [-0.2, 0) is 22.4 Å². The smallest absolute Gasteiger partial charge is 0.258 e. The molecule has 0 spiro atoms. The average Bonchev–Trinajstić information content (AvgIpc) is 3.19. The lowest BCUT2D eigenvalue weighted by Gasteiger charge is -2.08. The van der Waals surface area contributed by atoms with Crippen molar-refractivity contribution in [2.75, 3.05) is 13.2 Å². The number of hydrogen-bond acceptors (Lipinski definition) is 6. The van der Waals surface area contributed by atoms with Gasteiger partial charge in [-0.3, -0.25) is 9.59 Å². The van der Waals surface area contributed by atoms with Gasteiger partial charge in [0.25, 0.3) is 5.91 Å². The van der Waals surface area contributed by atoms with Crippen LogP contribution in [0.1, 0.15) is 24.1 Å². The van der Waals surface area contributed by atoms with Crippen molar-refractivity contribution in [3.63, 3.8) is 0 Å². The number of carbonyl (C=O) groups is 2. The molecule has 7 nitrogen and oxygen atoms in total. The van der Waals surface area contributed by atoms with Gasteiger partial charge >= 0.3 is 0 Å². The third-order valence-corrected chi connectivity index (χ3v) is 5.50. The highest BCUT2D eigenvalue weighted by molar-refractivity contribution is 7.13. The van der Waals surface area contributed by atoms with E-state index < -0.39 is 0 Å². The van der Waals surface area contributed by atoms with E-state index in [2.05, 4.69) is 15.6 Å². The monoisotopic (exact) mass is 425 g/mol. The molecule has 1 fully saturated rings. The van der Waals surface area contributed by atoms with Crippen LogP contribution in [0.5, 0.6) is 5.75 Å². The van der Waals surface area contributed by atoms with E-state index >= 15 is 0 Å². The Morgan fingerprint density at radius 2 is 2.00 bits per heavy atom. The van der Waals surface area contributed by atoms with E-state index in [1.165, 1.54) is 11.3 Å². The number of amides is 2. The number of hydrogen-bond donors (Lipinski definition) is 2.